The van der Waals surface area contributed by atoms with E-state index in [0.717, 1.165) is 47.7 Å². The van der Waals surface area contributed by atoms with Gasteiger partial charge in [0.15, 0.2) is 5.82 Å². The van der Waals surface area contributed by atoms with Crippen LogP contribution in [0.2, 0.25) is 0 Å². The Kier molecular flexibility index (Phi) is 5.80. The maximum Gasteiger partial charge on any atom is 0.311 e. The van der Waals surface area contributed by atoms with Crippen molar-refractivity contribution in [1.82, 2.24) is 15.1 Å². The van der Waals surface area contributed by atoms with Crippen molar-refractivity contribution in [1.29, 1.82) is 0 Å². The highest BCUT2D eigenvalue weighted by Crippen LogP contribution is 2.38. The minimum Gasteiger partial charge on any atom is -0.490 e. The summed E-state index contributed by atoms with van der Waals surface area (Å²) in [6.45, 7) is 1.83. The molecule has 9 nitrogen and oxygen atoms in total. The van der Waals surface area contributed by atoms with Gasteiger partial charge in [-0.15, -0.1) is 10.2 Å². The van der Waals surface area contributed by atoms with Gasteiger partial charge in [0.25, 0.3) is 0 Å². The molecular formula is C21H25N5O4. The van der Waals surface area contributed by atoms with Gasteiger partial charge in [0.1, 0.15) is 18.1 Å². The van der Waals surface area contributed by atoms with Crippen LogP contribution in [-0.2, 0) is 27.2 Å². The highest BCUT2D eigenvalue weighted by atomic mass is 16.5. The second kappa shape index (κ2) is 8.66. The van der Waals surface area contributed by atoms with Gasteiger partial charge in [-0.2, -0.15) is 0 Å². The van der Waals surface area contributed by atoms with E-state index in [-0.39, 0.29) is 6.04 Å². The first-order chi connectivity index (χ1) is 14.6. The maximum absolute atomic E-state index is 11.6. The predicted molar refractivity (Wildman–Crippen MR) is 110 cm³/mol. The number of ether oxygens (including phenoxy) is 2. The van der Waals surface area contributed by atoms with Gasteiger partial charge in [0, 0.05) is 31.3 Å². The molecule has 2 aromatic rings. The highest BCUT2D eigenvalue weighted by molar-refractivity contribution is 6.34. The lowest BCUT2D eigenvalue weighted by molar-refractivity contribution is -0.146. The molecule has 2 heterocycles. The normalized spacial score (nSPS) is 15.4. The number of rotatable bonds is 7. The van der Waals surface area contributed by atoms with E-state index in [1.54, 1.807) is 7.11 Å². The number of para-hydroxylation sites is 1. The average Bonchev–Trinajstić information content (AvgIpc) is 3.21. The summed E-state index contributed by atoms with van der Waals surface area (Å²) in [5.74, 6) is -0.0619. The first-order valence-corrected chi connectivity index (χ1v) is 10.0. The number of nitrogens with one attached hydrogen (secondary N) is 1. The summed E-state index contributed by atoms with van der Waals surface area (Å²) in [5.41, 5.74) is 9.16. The van der Waals surface area contributed by atoms with Gasteiger partial charge in [-0.05, 0) is 37.0 Å². The van der Waals surface area contributed by atoms with Gasteiger partial charge in [-0.1, -0.05) is 12.1 Å². The number of methoxy groups -OCH3 is 1. The van der Waals surface area contributed by atoms with Crippen LogP contribution in [0.5, 0.6) is 5.75 Å². The van der Waals surface area contributed by atoms with E-state index in [0.29, 0.717) is 26.3 Å². The molecule has 1 aromatic heterocycles. The molecule has 0 bridgehead atoms. The number of benzene rings is 1. The summed E-state index contributed by atoms with van der Waals surface area (Å²) in [5, 5.41) is 12.3. The summed E-state index contributed by atoms with van der Waals surface area (Å²) >= 11 is 0. The zero-order valence-corrected chi connectivity index (χ0v) is 16.9. The van der Waals surface area contributed by atoms with Crippen molar-refractivity contribution < 1.29 is 19.1 Å². The molecule has 1 aliphatic carbocycles. The third kappa shape index (κ3) is 3.93. The summed E-state index contributed by atoms with van der Waals surface area (Å²) in [6, 6.07) is 7.86. The van der Waals surface area contributed by atoms with Gasteiger partial charge < -0.3 is 25.4 Å². The topological polar surface area (TPSA) is 120 Å². The molecule has 2 amide bonds. The van der Waals surface area contributed by atoms with Crippen molar-refractivity contribution in [3.8, 4) is 17.0 Å². The van der Waals surface area contributed by atoms with E-state index in [1.807, 2.05) is 24.3 Å². The second-order valence-electron chi connectivity index (χ2n) is 7.46. The Morgan fingerprint density at radius 1 is 1.17 bits per heavy atom. The molecule has 0 radical (unpaired) electrons. The van der Waals surface area contributed by atoms with Crippen LogP contribution in [0.25, 0.3) is 11.3 Å². The highest BCUT2D eigenvalue weighted by Gasteiger charge is 2.34. The van der Waals surface area contributed by atoms with Crippen molar-refractivity contribution in [2.45, 2.75) is 25.3 Å². The summed E-state index contributed by atoms with van der Waals surface area (Å²) in [6.07, 6.45) is 2.88. The fourth-order valence-corrected chi connectivity index (χ4v) is 3.93. The zero-order valence-electron chi connectivity index (χ0n) is 16.9. The Labute approximate surface area is 174 Å². The van der Waals surface area contributed by atoms with E-state index in [1.165, 1.54) is 10.5 Å². The van der Waals surface area contributed by atoms with Crippen LogP contribution in [0, 0.1) is 0 Å². The summed E-state index contributed by atoms with van der Waals surface area (Å²) in [7, 11) is 1.64. The van der Waals surface area contributed by atoms with Gasteiger partial charge in [-0.3, -0.25) is 9.59 Å². The third-order valence-corrected chi connectivity index (χ3v) is 5.45. The van der Waals surface area contributed by atoms with E-state index < -0.39 is 11.8 Å². The number of aromatic nitrogens is 2. The number of nitrogens with zero attached hydrogens (tertiary/aromatic N) is 3. The van der Waals surface area contributed by atoms with Crippen molar-refractivity contribution in [2.75, 3.05) is 38.7 Å². The van der Waals surface area contributed by atoms with Crippen LogP contribution in [0.15, 0.2) is 24.3 Å². The van der Waals surface area contributed by atoms with Crippen LogP contribution >= 0.6 is 0 Å². The van der Waals surface area contributed by atoms with Crippen molar-refractivity contribution >= 4 is 17.6 Å². The fraction of sp³-hybridized carbons (Fsp3) is 0.429. The Hall–Kier alpha value is -3.20. The molecular weight excluding hydrogens is 386 g/mol. The van der Waals surface area contributed by atoms with E-state index >= 15 is 0 Å². The van der Waals surface area contributed by atoms with Crippen LogP contribution in [0.3, 0.4) is 0 Å². The van der Waals surface area contributed by atoms with Crippen molar-refractivity contribution in [2.24, 2.45) is 5.73 Å². The number of hydrogen-bond acceptors (Lipinski definition) is 7. The summed E-state index contributed by atoms with van der Waals surface area (Å²) in [4.78, 5) is 24.0. The smallest absolute Gasteiger partial charge is 0.311 e. The molecule has 158 valence electrons. The first kappa shape index (κ1) is 20.1. The lowest BCUT2D eigenvalue weighted by atomic mass is 10.0. The van der Waals surface area contributed by atoms with Gasteiger partial charge >= 0.3 is 11.8 Å². The molecule has 4 rings (SSSR count). The quantitative estimate of drug-likeness (QED) is 0.510. The van der Waals surface area contributed by atoms with Crippen molar-refractivity contribution in [3.05, 3.63) is 35.4 Å². The molecule has 1 aromatic carbocycles. The molecule has 0 atom stereocenters. The molecule has 1 aliphatic heterocycles. The number of likely N-dealkylation sites (tertiary alicyclic amines) is 1. The molecule has 0 saturated carbocycles. The molecule has 1 saturated heterocycles. The monoisotopic (exact) mass is 411 g/mol. The molecule has 1 fully saturated rings. The third-order valence-electron chi connectivity index (χ3n) is 5.45. The molecule has 9 heteroatoms. The Bertz CT molecular complexity index is 958. The van der Waals surface area contributed by atoms with E-state index in [2.05, 4.69) is 15.5 Å². The Balaban J connectivity index is 1.53. The Morgan fingerprint density at radius 2 is 1.93 bits per heavy atom. The number of nitrogens with two attached hydrogens (primary N) is 1. The largest absolute Gasteiger partial charge is 0.490 e. The fourth-order valence-electron chi connectivity index (χ4n) is 3.93. The average molecular weight is 411 g/mol. The number of fused-ring (bicyclic) bond motifs is 1. The molecule has 30 heavy (non-hydrogen) atoms. The zero-order chi connectivity index (χ0) is 21.1. The second-order valence-corrected chi connectivity index (χ2v) is 7.46. The number of hydrogen-bond donors (Lipinski definition) is 2. The standard InChI is InChI=1S/C21H25N5O4/c1-29-9-10-30-17-8-3-2-5-16(17)18-14-6-4-7-15(14)20(25-24-18)23-13-11-26(12-13)21(28)19(22)27/h2-3,5,8,13H,4,6-7,9-12H2,1H3,(H2,22,27)(H,23,25). The lowest BCUT2D eigenvalue weighted by Gasteiger charge is -2.39. The van der Waals surface area contributed by atoms with Gasteiger partial charge in [0.2, 0.25) is 0 Å². The molecule has 0 spiro atoms. The number of carbonyl (C=O) groups excluding carboxylic acids is 2. The van der Waals surface area contributed by atoms with E-state index in [4.69, 9.17) is 15.2 Å². The number of carbonyl (C=O) groups is 2. The number of amides is 2. The first-order valence-electron chi connectivity index (χ1n) is 10.0. The van der Waals surface area contributed by atoms with Crippen molar-refractivity contribution in [3.63, 3.8) is 0 Å². The predicted octanol–water partition coefficient (Wildman–Crippen LogP) is 0.766. The maximum atomic E-state index is 11.6. The number of primary amides is 1. The van der Waals surface area contributed by atoms with Crippen LogP contribution < -0.4 is 15.8 Å². The SMILES string of the molecule is COCCOc1ccccc1-c1nnc(NC2CN(C(=O)C(N)=O)C2)c2c1CCC2. The minimum absolute atomic E-state index is 0.0304. The number of anilines is 1. The van der Waals surface area contributed by atoms with Crippen LogP contribution in [0.4, 0.5) is 5.82 Å². The molecule has 2 aliphatic rings. The van der Waals surface area contributed by atoms with Crippen LogP contribution in [0.1, 0.15) is 17.5 Å². The van der Waals surface area contributed by atoms with Gasteiger partial charge in [0.05, 0.1) is 12.6 Å². The summed E-state index contributed by atoms with van der Waals surface area (Å²) < 4.78 is 11.0. The molecule has 3 N–H and O–H groups in total. The van der Waals surface area contributed by atoms with Gasteiger partial charge in [-0.25, -0.2) is 0 Å². The van der Waals surface area contributed by atoms with Crippen LogP contribution in [-0.4, -0.2) is 66.4 Å². The van der Waals surface area contributed by atoms with E-state index in [9.17, 15) is 9.59 Å². The Morgan fingerprint density at radius 3 is 2.70 bits per heavy atom. The lowest BCUT2D eigenvalue weighted by Crippen LogP contribution is -2.59. The molecule has 0 unspecified atom stereocenters. The minimum atomic E-state index is -0.926.